The molecule has 0 unspecified atom stereocenters. The average molecular weight is 326 g/mol. The molecular weight excluding hydrogens is 292 g/mol. The van der Waals surface area contributed by atoms with Crippen LogP contribution in [-0.2, 0) is 14.3 Å². The molecule has 23 heavy (non-hydrogen) atoms. The number of piperidine rings is 1. The number of hydrogen-bond donors (Lipinski definition) is 1. The number of hydrogen-bond acceptors (Lipinski definition) is 3. The maximum Gasteiger partial charge on any atom is 0.227 e. The second-order valence-electron chi connectivity index (χ2n) is 7.43. The molecule has 0 aromatic carbocycles. The molecule has 0 radical (unpaired) electrons. The van der Waals surface area contributed by atoms with Crippen LogP contribution >= 0.6 is 0 Å². The predicted octanol–water partition coefficient (Wildman–Crippen LogP) is 2.59. The summed E-state index contributed by atoms with van der Waals surface area (Å²) < 4.78 is 5.48. The lowest BCUT2D eigenvalue weighted by Gasteiger charge is -2.35. The molecule has 5 nitrogen and oxygen atoms in total. The fraction of sp³-hybridized carbons (Fsp3) is 0.889. The minimum atomic E-state index is -0.340. The van der Waals surface area contributed by atoms with Gasteiger partial charge in [0.2, 0.25) is 11.8 Å². The Morgan fingerprint density at radius 2 is 1.74 bits per heavy atom. The number of nitrogens with zero attached hydrogens (tertiary/aromatic N) is 1. The van der Waals surface area contributed by atoms with Crippen molar-refractivity contribution >= 4 is 11.8 Å². The standard InChI is InChI=1S/C18H34N2O3/c1-5-6-13-23-14-7-10-19-16(21)15-8-11-20(12-9-15)17(22)18(2,3)4/h15H,5-14H2,1-4H3,(H,19,21). The number of carbonyl (C=O) groups is 2. The van der Waals surface area contributed by atoms with Crippen LogP contribution in [0.5, 0.6) is 0 Å². The molecule has 1 aliphatic rings. The van der Waals surface area contributed by atoms with Crippen LogP contribution in [0.15, 0.2) is 0 Å². The molecule has 0 aliphatic carbocycles. The minimum absolute atomic E-state index is 0.0417. The highest BCUT2D eigenvalue weighted by Crippen LogP contribution is 2.23. The summed E-state index contributed by atoms with van der Waals surface area (Å²) in [6.07, 6.45) is 4.63. The van der Waals surface area contributed by atoms with Gasteiger partial charge < -0.3 is 15.0 Å². The van der Waals surface area contributed by atoms with Crippen molar-refractivity contribution in [3.8, 4) is 0 Å². The van der Waals surface area contributed by atoms with Crippen molar-refractivity contribution < 1.29 is 14.3 Å². The summed E-state index contributed by atoms with van der Waals surface area (Å²) in [6.45, 7) is 11.5. The fourth-order valence-corrected chi connectivity index (χ4v) is 2.70. The third-order valence-corrected chi connectivity index (χ3v) is 4.20. The van der Waals surface area contributed by atoms with Gasteiger partial charge in [0.05, 0.1) is 0 Å². The van der Waals surface area contributed by atoms with Crippen molar-refractivity contribution in [2.75, 3.05) is 32.8 Å². The molecule has 0 saturated carbocycles. The Morgan fingerprint density at radius 1 is 1.13 bits per heavy atom. The lowest BCUT2D eigenvalue weighted by Crippen LogP contribution is -2.46. The van der Waals surface area contributed by atoms with Crippen molar-refractivity contribution in [2.24, 2.45) is 11.3 Å². The zero-order valence-corrected chi connectivity index (χ0v) is 15.3. The number of ether oxygens (including phenoxy) is 1. The molecule has 0 atom stereocenters. The van der Waals surface area contributed by atoms with E-state index in [1.54, 1.807) is 0 Å². The molecular formula is C18H34N2O3. The molecule has 0 aromatic heterocycles. The van der Waals surface area contributed by atoms with Gasteiger partial charge in [0.1, 0.15) is 0 Å². The average Bonchev–Trinajstić information content (AvgIpc) is 2.52. The third kappa shape index (κ3) is 7.34. The highest BCUT2D eigenvalue weighted by atomic mass is 16.5. The Hall–Kier alpha value is -1.10. The topological polar surface area (TPSA) is 58.6 Å². The van der Waals surface area contributed by atoms with Crippen molar-refractivity contribution in [1.29, 1.82) is 0 Å². The molecule has 1 aliphatic heterocycles. The number of unbranched alkanes of at least 4 members (excludes halogenated alkanes) is 1. The van der Waals surface area contributed by atoms with Crippen molar-refractivity contribution in [3.05, 3.63) is 0 Å². The third-order valence-electron chi connectivity index (χ3n) is 4.20. The van der Waals surface area contributed by atoms with Crippen LogP contribution in [-0.4, -0.2) is 49.6 Å². The van der Waals surface area contributed by atoms with E-state index in [1.165, 1.54) is 0 Å². The number of nitrogens with one attached hydrogen (secondary N) is 1. The zero-order valence-electron chi connectivity index (χ0n) is 15.3. The summed E-state index contributed by atoms with van der Waals surface area (Å²) in [5, 5.41) is 3.00. The Labute approximate surface area is 141 Å². The van der Waals surface area contributed by atoms with E-state index >= 15 is 0 Å². The maximum absolute atomic E-state index is 12.2. The van der Waals surface area contributed by atoms with Crippen molar-refractivity contribution in [2.45, 2.75) is 59.8 Å². The molecule has 5 heteroatoms. The van der Waals surface area contributed by atoms with E-state index in [0.29, 0.717) is 26.2 Å². The lowest BCUT2D eigenvalue weighted by molar-refractivity contribution is -0.142. The van der Waals surface area contributed by atoms with Gasteiger partial charge in [0.15, 0.2) is 0 Å². The Balaban J connectivity index is 2.16. The van der Waals surface area contributed by atoms with Gasteiger partial charge in [0.25, 0.3) is 0 Å². The molecule has 0 aromatic rings. The second kappa shape index (κ2) is 9.91. The predicted molar refractivity (Wildman–Crippen MR) is 92.1 cm³/mol. The van der Waals surface area contributed by atoms with Gasteiger partial charge >= 0.3 is 0 Å². The number of amides is 2. The molecule has 0 bridgehead atoms. The maximum atomic E-state index is 12.2. The largest absolute Gasteiger partial charge is 0.381 e. The van der Waals surface area contributed by atoms with Crippen LogP contribution in [0.1, 0.15) is 59.8 Å². The van der Waals surface area contributed by atoms with Crippen molar-refractivity contribution in [1.82, 2.24) is 10.2 Å². The van der Waals surface area contributed by atoms with Crippen LogP contribution in [0.2, 0.25) is 0 Å². The summed E-state index contributed by atoms with van der Waals surface area (Å²) in [6, 6.07) is 0. The van der Waals surface area contributed by atoms with Crippen LogP contribution in [0.4, 0.5) is 0 Å². The van der Waals surface area contributed by atoms with E-state index in [2.05, 4.69) is 12.2 Å². The quantitative estimate of drug-likeness (QED) is 0.698. The van der Waals surface area contributed by atoms with Crippen molar-refractivity contribution in [3.63, 3.8) is 0 Å². The SMILES string of the molecule is CCCCOCCCNC(=O)C1CCN(C(=O)C(C)(C)C)CC1. The van der Waals surface area contributed by atoms with Crippen LogP contribution < -0.4 is 5.32 Å². The zero-order chi connectivity index (χ0) is 17.3. The van der Waals surface area contributed by atoms with Crippen LogP contribution in [0.25, 0.3) is 0 Å². The van der Waals surface area contributed by atoms with E-state index in [0.717, 1.165) is 38.7 Å². The van der Waals surface area contributed by atoms with Gasteiger partial charge in [-0.3, -0.25) is 9.59 Å². The van der Waals surface area contributed by atoms with E-state index in [9.17, 15) is 9.59 Å². The van der Waals surface area contributed by atoms with Gasteiger partial charge in [-0.1, -0.05) is 34.1 Å². The molecule has 1 rings (SSSR count). The smallest absolute Gasteiger partial charge is 0.227 e. The summed E-state index contributed by atoms with van der Waals surface area (Å²) in [4.78, 5) is 26.3. The van der Waals surface area contributed by atoms with Gasteiger partial charge in [-0.25, -0.2) is 0 Å². The van der Waals surface area contributed by atoms with Crippen LogP contribution in [0, 0.1) is 11.3 Å². The first-order chi connectivity index (χ1) is 10.9. The second-order valence-corrected chi connectivity index (χ2v) is 7.43. The molecule has 0 spiro atoms. The minimum Gasteiger partial charge on any atom is -0.381 e. The van der Waals surface area contributed by atoms with Crippen LogP contribution in [0.3, 0.4) is 0 Å². The molecule has 1 heterocycles. The highest BCUT2D eigenvalue weighted by Gasteiger charge is 2.32. The van der Waals surface area contributed by atoms with Gasteiger partial charge in [-0.2, -0.15) is 0 Å². The lowest BCUT2D eigenvalue weighted by atomic mass is 9.90. The van der Waals surface area contributed by atoms with E-state index < -0.39 is 0 Å². The van der Waals surface area contributed by atoms with Gasteiger partial charge in [-0.15, -0.1) is 0 Å². The number of likely N-dealkylation sites (tertiary alicyclic amines) is 1. The summed E-state index contributed by atoms with van der Waals surface area (Å²) in [5.74, 6) is 0.349. The molecule has 1 N–H and O–H groups in total. The monoisotopic (exact) mass is 326 g/mol. The first-order valence-electron chi connectivity index (χ1n) is 9.01. The Kier molecular flexibility index (Phi) is 8.59. The number of carbonyl (C=O) groups excluding carboxylic acids is 2. The first-order valence-corrected chi connectivity index (χ1v) is 9.01. The first kappa shape index (κ1) is 19.9. The van der Waals surface area contributed by atoms with E-state index in [1.807, 2.05) is 25.7 Å². The van der Waals surface area contributed by atoms with E-state index in [4.69, 9.17) is 4.74 Å². The molecule has 1 saturated heterocycles. The highest BCUT2D eigenvalue weighted by molar-refractivity contribution is 5.82. The normalized spacial score (nSPS) is 16.4. The number of rotatable bonds is 8. The van der Waals surface area contributed by atoms with Gasteiger partial charge in [0, 0.05) is 44.2 Å². The summed E-state index contributed by atoms with van der Waals surface area (Å²) >= 11 is 0. The van der Waals surface area contributed by atoms with E-state index in [-0.39, 0.29) is 23.1 Å². The molecule has 1 fully saturated rings. The summed E-state index contributed by atoms with van der Waals surface area (Å²) in [5.41, 5.74) is -0.340. The van der Waals surface area contributed by atoms with Gasteiger partial charge in [-0.05, 0) is 25.7 Å². The summed E-state index contributed by atoms with van der Waals surface area (Å²) in [7, 11) is 0. The molecule has 134 valence electrons. The molecule has 2 amide bonds. The Morgan fingerprint density at radius 3 is 2.30 bits per heavy atom. The fourth-order valence-electron chi connectivity index (χ4n) is 2.70. The Bertz CT molecular complexity index is 369.